The van der Waals surface area contributed by atoms with Gasteiger partial charge in [-0.2, -0.15) is 0 Å². The zero-order chi connectivity index (χ0) is 43.6. The van der Waals surface area contributed by atoms with Crippen molar-refractivity contribution >= 4 is 13.7 Å². The lowest BCUT2D eigenvalue weighted by Crippen LogP contribution is -2.45. The van der Waals surface area contributed by atoms with Gasteiger partial charge in [-0.15, -0.1) is 0 Å². The van der Waals surface area contributed by atoms with E-state index in [9.17, 15) is 19.4 Å². The Balaban J connectivity index is 4.37. The number of hydrogen-bond donors (Lipinski definition) is 2. The zero-order valence-electron chi connectivity index (χ0n) is 39.5. The van der Waals surface area contributed by atoms with Gasteiger partial charge < -0.3 is 28.8 Å². The maximum atomic E-state index is 12.9. The molecular weight excluding hydrogens is 756 g/mol. The Morgan fingerprint density at radius 3 is 1.37 bits per heavy atom. The molecule has 0 radical (unpaired) electrons. The Bertz CT molecular complexity index is 1060. The number of unbranched alkanes of at least 4 members (excludes halogenated alkanes) is 28. The third-order valence-corrected chi connectivity index (χ3v) is 12.0. The highest BCUT2D eigenvalue weighted by Crippen LogP contribution is 2.38. The largest absolute Gasteiger partial charge is 0.756 e. The van der Waals surface area contributed by atoms with Crippen LogP contribution < -0.4 is 10.2 Å². The Labute approximate surface area is 366 Å². The molecule has 0 aromatic rings. The first-order valence-electron chi connectivity index (χ1n) is 24.9. The summed E-state index contributed by atoms with van der Waals surface area (Å²) >= 11 is 0. The smallest absolute Gasteiger partial charge is 0.268 e. The summed E-state index contributed by atoms with van der Waals surface area (Å²) in [6.45, 7) is 4.63. The summed E-state index contributed by atoms with van der Waals surface area (Å²) in [5.41, 5.74) is 0. The first-order chi connectivity index (χ1) is 28.5. The van der Waals surface area contributed by atoms with Gasteiger partial charge in [0.05, 0.1) is 39.9 Å². The van der Waals surface area contributed by atoms with Gasteiger partial charge >= 0.3 is 0 Å². The van der Waals surface area contributed by atoms with Gasteiger partial charge in [-0.1, -0.05) is 211 Å². The average molecular weight is 853 g/mol. The molecule has 2 N–H and O–H groups in total. The summed E-state index contributed by atoms with van der Waals surface area (Å²) in [7, 11) is 1.24. The number of rotatable bonds is 45. The minimum absolute atomic E-state index is 0.00768. The van der Waals surface area contributed by atoms with Crippen LogP contribution in [0.1, 0.15) is 226 Å². The standard InChI is InChI=1S/C50H97N2O6P/c1-6-8-10-12-14-16-18-20-22-24-25-26-28-30-32-34-36-38-40-42-44-50(54)51-48(47-58-59(55,56)57-46-45-52(3,4)5)49(53)43-41-39-37-35-33-31-29-27-23-21-19-17-15-13-11-9-7-2/h23,27,33,35,41,43,48-49,53H,6-22,24-26,28-32,34,36-40,42,44-47H2,1-5H3,(H-,51,54,55,56)/b27-23+,35-33+,43-41+. The number of aliphatic hydroxyl groups excluding tert-OH is 1. The lowest BCUT2D eigenvalue weighted by molar-refractivity contribution is -0.870. The molecule has 59 heavy (non-hydrogen) atoms. The van der Waals surface area contributed by atoms with Crippen LogP contribution in [0.15, 0.2) is 36.5 Å². The fourth-order valence-corrected chi connectivity index (χ4v) is 7.85. The van der Waals surface area contributed by atoms with Crippen molar-refractivity contribution in [3.63, 3.8) is 0 Å². The number of nitrogens with zero attached hydrogens (tertiary/aromatic N) is 1. The molecular formula is C50H97N2O6P. The molecule has 0 aromatic heterocycles. The van der Waals surface area contributed by atoms with Crippen molar-refractivity contribution < 1.29 is 32.9 Å². The number of carbonyl (C=O) groups is 1. The van der Waals surface area contributed by atoms with Crippen molar-refractivity contribution in [2.24, 2.45) is 0 Å². The Morgan fingerprint density at radius 1 is 0.576 bits per heavy atom. The van der Waals surface area contributed by atoms with Crippen LogP contribution >= 0.6 is 7.82 Å². The first kappa shape index (κ1) is 57.7. The molecule has 9 heteroatoms. The van der Waals surface area contributed by atoms with Crippen molar-refractivity contribution in [2.75, 3.05) is 40.9 Å². The van der Waals surface area contributed by atoms with Crippen LogP contribution in [0.4, 0.5) is 0 Å². The number of allylic oxidation sites excluding steroid dienone is 5. The van der Waals surface area contributed by atoms with Crippen LogP contribution in [0.5, 0.6) is 0 Å². The van der Waals surface area contributed by atoms with E-state index in [2.05, 4.69) is 43.5 Å². The summed E-state index contributed by atoms with van der Waals surface area (Å²) in [5.74, 6) is -0.209. The van der Waals surface area contributed by atoms with E-state index < -0.39 is 26.6 Å². The number of hydrogen-bond acceptors (Lipinski definition) is 6. The number of aliphatic hydroxyl groups is 1. The van der Waals surface area contributed by atoms with Crippen molar-refractivity contribution in [3.8, 4) is 0 Å². The van der Waals surface area contributed by atoms with Crippen LogP contribution in [-0.2, 0) is 18.4 Å². The Morgan fingerprint density at radius 2 is 0.949 bits per heavy atom. The summed E-state index contributed by atoms with van der Waals surface area (Å²) < 4.78 is 23.2. The van der Waals surface area contributed by atoms with Gasteiger partial charge in [0.1, 0.15) is 13.2 Å². The third kappa shape index (κ3) is 44.6. The fraction of sp³-hybridized carbons (Fsp3) is 0.860. The molecule has 0 aromatic carbocycles. The zero-order valence-corrected chi connectivity index (χ0v) is 40.4. The van der Waals surface area contributed by atoms with Crippen LogP contribution in [0.2, 0.25) is 0 Å². The van der Waals surface area contributed by atoms with Crippen LogP contribution in [-0.4, -0.2) is 68.5 Å². The number of likely N-dealkylation sites (N-methyl/N-ethyl adjacent to an activating group) is 1. The van der Waals surface area contributed by atoms with Crippen molar-refractivity contribution in [2.45, 2.75) is 238 Å². The second-order valence-electron chi connectivity index (χ2n) is 18.2. The second-order valence-corrected chi connectivity index (χ2v) is 19.6. The highest BCUT2D eigenvalue weighted by Gasteiger charge is 2.23. The molecule has 0 heterocycles. The number of phosphoric acid groups is 1. The van der Waals surface area contributed by atoms with Gasteiger partial charge in [0.25, 0.3) is 7.82 Å². The van der Waals surface area contributed by atoms with E-state index in [1.807, 2.05) is 27.2 Å². The number of amides is 1. The number of quaternary nitrogens is 1. The van der Waals surface area contributed by atoms with Crippen LogP contribution in [0.3, 0.4) is 0 Å². The molecule has 0 rings (SSSR count). The number of carbonyl (C=O) groups excluding carboxylic acids is 1. The van der Waals surface area contributed by atoms with Crippen molar-refractivity contribution in [1.82, 2.24) is 5.32 Å². The first-order valence-corrected chi connectivity index (χ1v) is 26.3. The van der Waals surface area contributed by atoms with E-state index in [0.717, 1.165) is 44.9 Å². The topological polar surface area (TPSA) is 108 Å². The molecule has 0 aliphatic carbocycles. The van der Waals surface area contributed by atoms with Gasteiger partial charge in [0.2, 0.25) is 5.91 Å². The van der Waals surface area contributed by atoms with Gasteiger partial charge in [-0.3, -0.25) is 9.36 Å². The SMILES string of the molecule is CCCCCCCCC/C=C/CC/C=C/CC/C=C/C(O)C(COP(=O)([O-])OCC[N+](C)(C)C)NC(=O)CCCCCCCCCCCCCCCCCCCCCC. The summed E-state index contributed by atoms with van der Waals surface area (Å²) in [6.07, 6.45) is 52.0. The Kier molecular flexibility index (Phi) is 41.1. The molecule has 0 aliphatic heterocycles. The van der Waals surface area contributed by atoms with E-state index >= 15 is 0 Å². The molecule has 0 aliphatic rings. The molecule has 3 atom stereocenters. The third-order valence-electron chi connectivity index (χ3n) is 11.1. The molecule has 0 bridgehead atoms. The minimum atomic E-state index is -4.60. The van der Waals surface area contributed by atoms with Crippen molar-refractivity contribution in [3.05, 3.63) is 36.5 Å². The quantitative estimate of drug-likeness (QED) is 0.0273. The van der Waals surface area contributed by atoms with E-state index in [1.54, 1.807) is 6.08 Å². The predicted octanol–water partition coefficient (Wildman–Crippen LogP) is 13.6. The number of phosphoric ester groups is 1. The van der Waals surface area contributed by atoms with Gasteiger partial charge in [0.15, 0.2) is 0 Å². The maximum Gasteiger partial charge on any atom is 0.268 e. The van der Waals surface area contributed by atoms with Crippen LogP contribution in [0, 0.1) is 0 Å². The van der Waals surface area contributed by atoms with Gasteiger partial charge in [-0.05, 0) is 44.9 Å². The predicted molar refractivity (Wildman–Crippen MR) is 251 cm³/mol. The molecule has 1 amide bonds. The monoisotopic (exact) mass is 853 g/mol. The minimum Gasteiger partial charge on any atom is -0.756 e. The van der Waals surface area contributed by atoms with Crippen LogP contribution in [0.25, 0.3) is 0 Å². The Hall–Kier alpha value is -1.28. The molecule has 0 saturated carbocycles. The van der Waals surface area contributed by atoms with E-state index in [1.165, 1.54) is 161 Å². The van der Waals surface area contributed by atoms with Gasteiger partial charge in [-0.25, -0.2) is 0 Å². The molecule has 0 saturated heterocycles. The van der Waals surface area contributed by atoms with E-state index in [0.29, 0.717) is 17.4 Å². The fourth-order valence-electron chi connectivity index (χ4n) is 7.13. The molecule has 0 spiro atoms. The number of nitrogens with one attached hydrogen (secondary N) is 1. The highest BCUT2D eigenvalue weighted by atomic mass is 31.2. The molecule has 3 unspecified atom stereocenters. The van der Waals surface area contributed by atoms with Crippen molar-refractivity contribution in [1.29, 1.82) is 0 Å². The summed E-state index contributed by atoms with van der Waals surface area (Å²) in [4.78, 5) is 25.4. The normalized spacial score (nSPS) is 14.5. The maximum absolute atomic E-state index is 12.9. The molecule has 0 fully saturated rings. The molecule has 8 nitrogen and oxygen atoms in total. The van der Waals surface area contributed by atoms with E-state index in [4.69, 9.17) is 9.05 Å². The van der Waals surface area contributed by atoms with E-state index in [-0.39, 0.29) is 12.5 Å². The second kappa shape index (κ2) is 42.0. The lowest BCUT2D eigenvalue weighted by atomic mass is 10.0. The summed E-state index contributed by atoms with van der Waals surface area (Å²) in [6, 6.07) is -0.906. The average Bonchev–Trinajstić information content (AvgIpc) is 3.19. The summed E-state index contributed by atoms with van der Waals surface area (Å²) in [5, 5.41) is 13.8. The van der Waals surface area contributed by atoms with Gasteiger partial charge in [0, 0.05) is 6.42 Å². The molecule has 348 valence electrons. The highest BCUT2D eigenvalue weighted by molar-refractivity contribution is 7.45. The lowest BCUT2D eigenvalue weighted by Gasteiger charge is -2.29.